The minimum absolute atomic E-state index is 0.0867. The molecule has 21 heavy (non-hydrogen) atoms. The third-order valence-electron chi connectivity index (χ3n) is 3.54. The first kappa shape index (κ1) is 16.7. The highest BCUT2D eigenvalue weighted by Crippen LogP contribution is 2.36. The molecule has 0 saturated carbocycles. The minimum Gasteiger partial charge on any atom is -0.330 e. The van der Waals surface area contributed by atoms with E-state index in [0.717, 1.165) is 20.5 Å². The summed E-state index contributed by atoms with van der Waals surface area (Å²) >= 11 is 1.13. The van der Waals surface area contributed by atoms with Gasteiger partial charge in [-0.1, -0.05) is 0 Å². The molecule has 0 atom stereocenters. The van der Waals surface area contributed by atoms with Crippen LogP contribution in [0.5, 0.6) is 0 Å². The molecule has 2 N–H and O–H groups in total. The average Bonchev–Trinajstić information content (AvgIpc) is 2.88. The van der Waals surface area contributed by atoms with Crippen LogP contribution < -0.4 is 5.73 Å². The molecule has 120 valence electrons. The summed E-state index contributed by atoms with van der Waals surface area (Å²) in [6.07, 6.45) is -4.00. The van der Waals surface area contributed by atoms with Gasteiger partial charge >= 0.3 is 6.18 Å². The summed E-state index contributed by atoms with van der Waals surface area (Å²) in [6.45, 7) is 0.254. The second-order valence-corrected chi connectivity index (χ2v) is 8.31. The summed E-state index contributed by atoms with van der Waals surface area (Å²) in [5, 5.41) is 0. The zero-order chi connectivity index (χ0) is 15.7. The van der Waals surface area contributed by atoms with Gasteiger partial charge in [-0.05, 0) is 37.9 Å². The van der Waals surface area contributed by atoms with Gasteiger partial charge in [-0.25, -0.2) is 8.42 Å². The van der Waals surface area contributed by atoms with E-state index in [1.165, 1.54) is 6.07 Å². The molecule has 9 heteroatoms. The van der Waals surface area contributed by atoms with Gasteiger partial charge < -0.3 is 5.73 Å². The molecule has 0 unspecified atom stereocenters. The molecule has 1 saturated heterocycles. The molecular formula is C12H17F3N2O2S2. The molecule has 2 heterocycles. The number of alkyl halides is 3. The lowest BCUT2D eigenvalue weighted by atomic mass is 9.98. The van der Waals surface area contributed by atoms with E-state index < -0.39 is 22.1 Å². The van der Waals surface area contributed by atoms with Crippen molar-refractivity contribution in [2.45, 2.75) is 29.6 Å². The predicted molar refractivity (Wildman–Crippen MR) is 74.6 cm³/mol. The van der Waals surface area contributed by atoms with Crippen LogP contribution in [0.15, 0.2) is 16.3 Å². The molecule has 0 bridgehead atoms. The van der Waals surface area contributed by atoms with Crippen LogP contribution in [0, 0.1) is 5.92 Å². The smallest absolute Gasteiger partial charge is 0.330 e. The first-order chi connectivity index (χ1) is 9.75. The molecule has 1 fully saturated rings. The lowest BCUT2D eigenvalue weighted by molar-refractivity contribution is -0.182. The van der Waals surface area contributed by atoms with Crippen molar-refractivity contribution in [2.24, 2.45) is 11.7 Å². The predicted octanol–water partition coefficient (Wildman–Crippen LogP) is 2.21. The lowest BCUT2D eigenvalue weighted by Crippen LogP contribution is -2.41. The zero-order valence-electron chi connectivity index (χ0n) is 11.3. The highest BCUT2D eigenvalue weighted by atomic mass is 32.2. The fraction of sp³-hybridized carbons (Fsp3) is 0.667. The molecule has 0 radical (unpaired) electrons. The number of nitrogens with zero attached hydrogens (tertiary/aromatic N) is 1. The Morgan fingerprint density at radius 1 is 1.29 bits per heavy atom. The normalized spacial score (nSPS) is 19.0. The summed E-state index contributed by atoms with van der Waals surface area (Å²) in [5.74, 6) is -1.40. The molecule has 0 aliphatic carbocycles. The molecule has 0 spiro atoms. The van der Waals surface area contributed by atoms with Gasteiger partial charge in [0.1, 0.15) is 4.21 Å². The van der Waals surface area contributed by atoms with E-state index in [4.69, 9.17) is 5.73 Å². The maximum absolute atomic E-state index is 12.6. The summed E-state index contributed by atoms with van der Waals surface area (Å²) in [7, 11) is -3.68. The molecule has 1 aromatic rings. The molecule has 1 aliphatic rings. The van der Waals surface area contributed by atoms with Crippen LogP contribution in [0.3, 0.4) is 0 Å². The van der Waals surface area contributed by atoms with Crippen molar-refractivity contribution in [3.63, 3.8) is 0 Å². The number of hydrogen-bond donors (Lipinski definition) is 1. The summed E-state index contributed by atoms with van der Waals surface area (Å²) < 4.78 is 63.9. The first-order valence-corrected chi connectivity index (χ1v) is 8.86. The summed E-state index contributed by atoms with van der Waals surface area (Å²) in [6, 6.07) is 3.20. The van der Waals surface area contributed by atoms with Gasteiger partial charge in [-0.15, -0.1) is 11.3 Å². The average molecular weight is 342 g/mol. The van der Waals surface area contributed by atoms with Gasteiger partial charge in [0.05, 0.1) is 5.92 Å². The highest BCUT2D eigenvalue weighted by Gasteiger charge is 2.43. The van der Waals surface area contributed by atoms with E-state index in [1.54, 1.807) is 6.07 Å². The number of nitrogens with two attached hydrogens (primary N) is 1. The highest BCUT2D eigenvalue weighted by molar-refractivity contribution is 7.91. The SMILES string of the molecule is NCCc1ccc(S(=O)(=O)N2CCC(C(F)(F)F)CC2)s1. The van der Waals surface area contributed by atoms with Crippen LogP contribution >= 0.6 is 11.3 Å². The number of hydrogen-bond acceptors (Lipinski definition) is 4. The molecular weight excluding hydrogens is 325 g/mol. The van der Waals surface area contributed by atoms with E-state index in [2.05, 4.69) is 0 Å². The molecule has 0 amide bonds. The third-order valence-corrected chi connectivity index (χ3v) is 7.05. The zero-order valence-corrected chi connectivity index (χ0v) is 12.9. The van der Waals surface area contributed by atoms with Crippen molar-refractivity contribution in [1.82, 2.24) is 4.31 Å². The Balaban J connectivity index is 2.07. The van der Waals surface area contributed by atoms with Crippen LogP contribution in [0.4, 0.5) is 13.2 Å². The number of rotatable bonds is 4. The number of halogens is 3. The van der Waals surface area contributed by atoms with E-state index in [1.807, 2.05) is 0 Å². The largest absolute Gasteiger partial charge is 0.391 e. The second-order valence-electron chi connectivity index (χ2n) is 4.98. The molecule has 4 nitrogen and oxygen atoms in total. The van der Waals surface area contributed by atoms with Gasteiger partial charge in [-0.2, -0.15) is 17.5 Å². The van der Waals surface area contributed by atoms with Gasteiger partial charge in [0.15, 0.2) is 0 Å². The fourth-order valence-electron chi connectivity index (χ4n) is 2.32. The summed E-state index contributed by atoms with van der Waals surface area (Å²) in [4.78, 5) is 0.862. The van der Waals surface area contributed by atoms with Crippen LogP contribution in [0.25, 0.3) is 0 Å². The standard InChI is InChI=1S/C12H17F3N2O2S2/c13-12(14,15)9-4-7-17(8-5-9)21(18,19)11-2-1-10(20-11)3-6-16/h1-2,9H,3-8,16H2. The van der Waals surface area contributed by atoms with Crippen molar-refractivity contribution in [2.75, 3.05) is 19.6 Å². The minimum atomic E-state index is -4.24. The molecule has 0 aromatic carbocycles. The number of thiophene rings is 1. The Morgan fingerprint density at radius 3 is 2.43 bits per heavy atom. The van der Waals surface area contributed by atoms with Crippen LogP contribution in [0.2, 0.25) is 0 Å². The van der Waals surface area contributed by atoms with Crippen molar-refractivity contribution in [3.8, 4) is 0 Å². The van der Waals surface area contributed by atoms with Gasteiger partial charge in [0.2, 0.25) is 0 Å². The maximum Gasteiger partial charge on any atom is 0.391 e. The fourth-order valence-corrected chi connectivity index (χ4v) is 5.32. The Labute approximate surface area is 125 Å². The van der Waals surface area contributed by atoms with Crippen molar-refractivity contribution in [1.29, 1.82) is 0 Å². The van der Waals surface area contributed by atoms with Crippen molar-refractivity contribution >= 4 is 21.4 Å². The van der Waals surface area contributed by atoms with E-state index in [-0.39, 0.29) is 30.1 Å². The van der Waals surface area contributed by atoms with Gasteiger partial charge in [0.25, 0.3) is 10.0 Å². The van der Waals surface area contributed by atoms with Crippen molar-refractivity contribution < 1.29 is 21.6 Å². The van der Waals surface area contributed by atoms with Crippen LogP contribution in [-0.2, 0) is 16.4 Å². The first-order valence-electron chi connectivity index (χ1n) is 6.61. The van der Waals surface area contributed by atoms with E-state index in [0.29, 0.717) is 13.0 Å². The summed E-state index contributed by atoms with van der Waals surface area (Å²) in [5.41, 5.74) is 5.42. The molecule has 1 aliphatic heterocycles. The quantitative estimate of drug-likeness (QED) is 0.912. The van der Waals surface area contributed by atoms with E-state index >= 15 is 0 Å². The number of piperidine rings is 1. The molecule has 1 aromatic heterocycles. The molecule has 2 rings (SSSR count). The second kappa shape index (κ2) is 6.23. The Bertz CT molecular complexity index is 576. The topological polar surface area (TPSA) is 63.4 Å². The lowest BCUT2D eigenvalue weighted by Gasteiger charge is -2.31. The third kappa shape index (κ3) is 3.77. The number of sulfonamides is 1. The van der Waals surface area contributed by atoms with Gasteiger partial charge in [-0.3, -0.25) is 0 Å². The monoisotopic (exact) mass is 342 g/mol. The Hall–Kier alpha value is -0.640. The maximum atomic E-state index is 12.6. The Kier molecular flexibility index (Phi) is 4.96. The van der Waals surface area contributed by atoms with Crippen LogP contribution in [-0.4, -0.2) is 38.5 Å². The van der Waals surface area contributed by atoms with Crippen LogP contribution in [0.1, 0.15) is 17.7 Å². The van der Waals surface area contributed by atoms with Gasteiger partial charge in [0, 0.05) is 18.0 Å². The van der Waals surface area contributed by atoms with E-state index in [9.17, 15) is 21.6 Å². The van der Waals surface area contributed by atoms with Crippen molar-refractivity contribution in [3.05, 3.63) is 17.0 Å². The Morgan fingerprint density at radius 2 is 1.90 bits per heavy atom.